The lowest BCUT2D eigenvalue weighted by molar-refractivity contribution is 0.0593. The van der Waals surface area contributed by atoms with Gasteiger partial charge in [-0.3, -0.25) is 14.6 Å². The van der Waals surface area contributed by atoms with Gasteiger partial charge < -0.3 is 14.6 Å². The van der Waals surface area contributed by atoms with Crippen LogP contribution in [0.2, 0.25) is 0 Å². The van der Waals surface area contributed by atoms with E-state index in [-0.39, 0.29) is 23.1 Å². The average molecular weight is 327 g/mol. The highest BCUT2D eigenvalue weighted by Crippen LogP contribution is 2.19. The summed E-state index contributed by atoms with van der Waals surface area (Å²) in [6, 6.07) is 5.48. The molecule has 6 nitrogen and oxygen atoms in total. The molecular formula is C18H21N3O3. The van der Waals surface area contributed by atoms with E-state index in [0.29, 0.717) is 13.1 Å². The van der Waals surface area contributed by atoms with Crippen LogP contribution in [0.1, 0.15) is 34.5 Å². The first-order valence-electron chi connectivity index (χ1n) is 8.11. The number of aromatic nitrogens is 2. The maximum Gasteiger partial charge on any atom is 0.261 e. The van der Waals surface area contributed by atoms with E-state index in [1.807, 2.05) is 25.1 Å². The van der Waals surface area contributed by atoms with E-state index in [9.17, 15) is 9.59 Å². The van der Waals surface area contributed by atoms with Crippen LogP contribution < -0.4 is 10.3 Å². The number of hydrogen-bond acceptors (Lipinski definition) is 4. The highest BCUT2D eigenvalue weighted by atomic mass is 16.5. The molecule has 0 aliphatic carbocycles. The molecule has 0 saturated carbocycles. The largest absolute Gasteiger partial charge is 0.490 e. The Morgan fingerprint density at radius 1 is 1.25 bits per heavy atom. The smallest absolute Gasteiger partial charge is 0.261 e. The molecule has 3 rings (SSSR count). The first kappa shape index (κ1) is 16.2. The van der Waals surface area contributed by atoms with Crippen molar-refractivity contribution in [2.24, 2.45) is 0 Å². The molecule has 1 saturated heterocycles. The summed E-state index contributed by atoms with van der Waals surface area (Å²) in [6.07, 6.45) is 4.96. The molecule has 1 aliphatic rings. The Labute approximate surface area is 140 Å². The second-order valence-corrected chi connectivity index (χ2v) is 6.13. The second kappa shape index (κ2) is 6.86. The van der Waals surface area contributed by atoms with Gasteiger partial charge in [0.15, 0.2) is 0 Å². The third-order valence-corrected chi connectivity index (χ3v) is 4.26. The number of rotatable bonds is 3. The normalized spacial score (nSPS) is 15.3. The molecule has 1 aliphatic heterocycles. The standard InChI is InChI=1S/C18H21N3O3/c1-12-11-13(2)20-17(22)16(12)18(23)21-9-5-15(6-10-21)24-14-3-7-19-8-4-14/h3-4,7-8,11,15H,5-6,9-10H2,1-2H3,(H,20,22). The molecule has 0 aromatic carbocycles. The van der Waals surface area contributed by atoms with Gasteiger partial charge >= 0.3 is 0 Å². The lowest BCUT2D eigenvalue weighted by Gasteiger charge is -2.32. The number of aromatic amines is 1. The predicted octanol–water partition coefficient (Wildman–Crippen LogP) is 2.07. The van der Waals surface area contributed by atoms with Crippen molar-refractivity contribution < 1.29 is 9.53 Å². The molecular weight excluding hydrogens is 306 g/mol. The van der Waals surface area contributed by atoms with E-state index in [1.54, 1.807) is 24.2 Å². The molecule has 1 N–H and O–H groups in total. The first-order chi connectivity index (χ1) is 11.5. The summed E-state index contributed by atoms with van der Waals surface area (Å²) in [5, 5.41) is 0. The van der Waals surface area contributed by atoms with Gasteiger partial charge in [0.2, 0.25) is 0 Å². The van der Waals surface area contributed by atoms with E-state index in [0.717, 1.165) is 29.8 Å². The van der Waals surface area contributed by atoms with Crippen LogP contribution in [0.3, 0.4) is 0 Å². The second-order valence-electron chi connectivity index (χ2n) is 6.13. The lowest BCUT2D eigenvalue weighted by Crippen LogP contribution is -2.43. The summed E-state index contributed by atoms with van der Waals surface area (Å²) < 4.78 is 5.91. The summed E-state index contributed by atoms with van der Waals surface area (Å²) in [4.78, 5) is 33.2. The molecule has 1 fully saturated rings. The zero-order chi connectivity index (χ0) is 17.1. The van der Waals surface area contributed by atoms with Crippen molar-refractivity contribution in [1.82, 2.24) is 14.9 Å². The minimum atomic E-state index is -0.312. The third-order valence-electron chi connectivity index (χ3n) is 4.26. The number of ether oxygens (including phenoxy) is 1. The number of carbonyl (C=O) groups excluding carboxylic acids is 1. The minimum Gasteiger partial charge on any atom is -0.490 e. The number of nitrogens with one attached hydrogen (secondary N) is 1. The van der Waals surface area contributed by atoms with Crippen molar-refractivity contribution in [3.05, 3.63) is 57.8 Å². The molecule has 3 heterocycles. The third kappa shape index (κ3) is 3.48. The van der Waals surface area contributed by atoms with Gasteiger partial charge in [0.1, 0.15) is 17.4 Å². The number of nitrogens with zero attached hydrogens (tertiary/aromatic N) is 2. The van der Waals surface area contributed by atoms with Crippen LogP contribution in [0.15, 0.2) is 35.4 Å². The molecule has 2 aromatic rings. The topological polar surface area (TPSA) is 75.3 Å². The molecule has 0 bridgehead atoms. The Balaban J connectivity index is 1.65. The van der Waals surface area contributed by atoms with Gasteiger partial charge in [0, 0.05) is 44.0 Å². The number of H-pyrrole nitrogens is 1. The molecule has 24 heavy (non-hydrogen) atoms. The number of aryl methyl sites for hydroxylation is 2. The fourth-order valence-corrected chi connectivity index (χ4v) is 3.06. The molecule has 6 heteroatoms. The molecule has 126 valence electrons. The summed E-state index contributed by atoms with van der Waals surface area (Å²) in [6.45, 7) is 4.78. The average Bonchev–Trinajstić information content (AvgIpc) is 2.55. The number of amides is 1. The number of piperidine rings is 1. The summed E-state index contributed by atoms with van der Waals surface area (Å²) in [5.74, 6) is 0.594. The molecule has 0 atom stereocenters. The lowest BCUT2D eigenvalue weighted by atomic mass is 10.0. The van der Waals surface area contributed by atoms with Crippen LogP contribution in [-0.4, -0.2) is 40.0 Å². The Morgan fingerprint density at radius 3 is 2.54 bits per heavy atom. The van der Waals surface area contributed by atoms with Crippen LogP contribution in [0.25, 0.3) is 0 Å². The number of hydrogen-bond donors (Lipinski definition) is 1. The predicted molar refractivity (Wildman–Crippen MR) is 90.3 cm³/mol. The molecule has 0 unspecified atom stereocenters. The number of pyridine rings is 2. The Hall–Kier alpha value is -2.63. The van der Waals surface area contributed by atoms with E-state index >= 15 is 0 Å². The number of carbonyl (C=O) groups is 1. The SMILES string of the molecule is Cc1cc(C)c(C(=O)N2CCC(Oc3ccncc3)CC2)c(=O)[nH]1. The first-order valence-corrected chi connectivity index (χ1v) is 8.11. The fraction of sp³-hybridized carbons (Fsp3) is 0.389. The quantitative estimate of drug-likeness (QED) is 0.936. The Morgan fingerprint density at radius 2 is 1.92 bits per heavy atom. The van der Waals surface area contributed by atoms with Crippen molar-refractivity contribution in [1.29, 1.82) is 0 Å². The monoisotopic (exact) mass is 327 g/mol. The fourth-order valence-electron chi connectivity index (χ4n) is 3.06. The Bertz CT molecular complexity index is 778. The summed E-state index contributed by atoms with van der Waals surface area (Å²) >= 11 is 0. The van der Waals surface area contributed by atoms with Crippen molar-refractivity contribution in [2.45, 2.75) is 32.8 Å². The van der Waals surface area contributed by atoms with Crippen LogP contribution in [-0.2, 0) is 0 Å². The van der Waals surface area contributed by atoms with Crippen LogP contribution in [0.5, 0.6) is 5.75 Å². The minimum absolute atomic E-state index is 0.0776. The summed E-state index contributed by atoms with van der Waals surface area (Å²) in [7, 11) is 0. The van der Waals surface area contributed by atoms with Gasteiger partial charge in [-0.2, -0.15) is 0 Å². The van der Waals surface area contributed by atoms with Crippen molar-refractivity contribution >= 4 is 5.91 Å². The van der Waals surface area contributed by atoms with E-state index in [4.69, 9.17) is 4.74 Å². The van der Waals surface area contributed by atoms with Crippen LogP contribution in [0, 0.1) is 13.8 Å². The van der Waals surface area contributed by atoms with E-state index < -0.39 is 0 Å². The molecule has 1 amide bonds. The van der Waals surface area contributed by atoms with Gasteiger partial charge in [0.05, 0.1) is 0 Å². The van der Waals surface area contributed by atoms with E-state index in [2.05, 4.69) is 9.97 Å². The van der Waals surface area contributed by atoms with Crippen LogP contribution in [0.4, 0.5) is 0 Å². The van der Waals surface area contributed by atoms with Crippen molar-refractivity contribution in [3.8, 4) is 5.75 Å². The molecule has 2 aromatic heterocycles. The number of likely N-dealkylation sites (tertiary alicyclic amines) is 1. The van der Waals surface area contributed by atoms with Crippen LogP contribution >= 0.6 is 0 Å². The van der Waals surface area contributed by atoms with Crippen molar-refractivity contribution in [2.75, 3.05) is 13.1 Å². The zero-order valence-electron chi connectivity index (χ0n) is 13.9. The maximum absolute atomic E-state index is 12.7. The van der Waals surface area contributed by atoms with Gasteiger partial charge in [-0.15, -0.1) is 0 Å². The van der Waals surface area contributed by atoms with Gasteiger partial charge in [-0.05, 0) is 37.6 Å². The van der Waals surface area contributed by atoms with E-state index in [1.165, 1.54) is 0 Å². The van der Waals surface area contributed by atoms with Gasteiger partial charge in [-0.25, -0.2) is 0 Å². The highest BCUT2D eigenvalue weighted by molar-refractivity contribution is 5.95. The van der Waals surface area contributed by atoms with Gasteiger partial charge in [-0.1, -0.05) is 0 Å². The maximum atomic E-state index is 12.7. The zero-order valence-corrected chi connectivity index (χ0v) is 13.9. The highest BCUT2D eigenvalue weighted by Gasteiger charge is 2.27. The molecule has 0 radical (unpaired) electrons. The summed E-state index contributed by atoms with van der Waals surface area (Å²) in [5.41, 5.74) is 1.41. The molecule has 0 spiro atoms. The Kier molecular flexibility index (Phi) is 4.64. The van der Waals surface area contributed by atoms with Gasteiger partial charge in [0.25, 0.3) is 11.5 Å². The van der Waals surface area contributed by atoms with Crippen molar-refractivity contribution in [3.63, 3.8) is 0 Å².